The maximum absolute atomic E-state index is 2.42. The van der Waals surface area contributed by atoms with Crippen molar-refractivity contribution in [3.63, 3.8) is 0 Å². The smallest absolute Gasteiger partial charge is 0.00986 e. The summed E-state index contributed by atoms with van der Waals surface area (Å²) in [7, 11) is 0. The first kappa shape index (κ1) is 26.9. The summed E-state index contributed by atoms with van der Waals surface area (Å²) in [6, 6.07) is 67.3. The molecule has 0 amide bonds. The van der Waals surface area contributed by atoms with Gasteiger partial charge in [-0.2, -0.15) is 0 Å². The van der Waals surface area contributed by atoms with Crippen LogP contribution < -0.4 is 0 Å². The number of rotatable bonds is 3. The average molecular weight is 607 g/mol. The molecule has 10 rings (SSSR count). The maximum Gasteiger partial charge on any atom is -0.00986 e. The Kier molecular flexibility index (Phi) is 5.98. The molecule has 0 saturated carbocycles. The van der Waals surface area contributed by atoms with Gasteiger partial charge in [0.25, 0.3) is 0 Å². The van der Waals surface area contributed by atoms with Crippen molar-refractivity contribution in [1.29, 1.82) is 0 Å². The fourth-order valence-electron chi connectivity index (χ4n) is 7.97. The summed E-state index contributed by atoms with van der Waals surface area (Å²) in [5.74, 6) is 0. The summed E-state index contributed by atoms with van der Waals surface area (Å²) in [5, 5.41) is 15.3. The predicted molar refractivity (Wildman–Crippen MR) is 208 cm³/mol. The van der Waals surface area contributed by atoms with Crippen LogP contribution in [0.15, 0.2) is 182 Å². The fourth-order valence-corrected chi connectivity index (χ4v) is 7.97. The van der Waals surface area contributed by atoms with Gasteiger partial charge in [0.05, 0.1) is 0 Å². The molecule has 0 bridgehead atoms. The lowest BCUT2D eigenvalue weighted by Crippen LogP contribution is -1.91. The van der Waals surface area contributed by atoms with Crippen molar-refractivity contribution in [2.75, 3.05) is 0 Å². The van der Waals surface area contributed by atoms with E-state index in [-0.39, 0.29) is 0 Å². The summed E-state index contributed by atoms with van der Waals surface area (Å²) < 4.78 is 0. The van der Waals surface area contributed by atoms with Crippen LogP contribution >= 0.6 is 0 Å². The second-order valence-electron chi connectivity index (χ2n) is 12.9. The summed E-state index contributed by atoms with van der Waals surface area (Å²) in [6.07, 6.45) is 0. The van der Waals surface area contributed by atoms with Crippen LogP contribution in [0.25, 0.3) is 98.0 Å². The first-order chi connectivity index (χ1) is 23.8. The van der Waals surface area contributed by atoms with E-state index in [1.165, 1.54) is 98.0 Å². The van der Waals surface area contributed by atoms with Gasteiger partial charge < -0.3 is 0 Å². The molecule has 10 aromatic carbocycles. The Bertz CT molecular complexity index is 2560. The van der Waals surface area contributed by atoms with Gasteiger partial charge in [-0.1, -0.05) is 146 Å². The summed E-state index contributed by atoms with van der Waals surface area (Å²) >= 11 is 0. The lowest BCUT2D eigenvalue weighted by atomic mass is 9.86. The Morgan fingerprint density at radius 1 is 0.188 bits per heavy atom. The molecule has 0 unspecified atom stereocenters. The monoisotopic (exact) mass is 606 g/mol. The largest absolute Gasteiger partial charge is 0.0616 e. The van der Waals surface area contributed by atoms with Crippen LogP contribution in [0, 0.1) is 0 Å². The standard InChI is InChI=1S/C48H30/c1-4-16-37-31(13-1)28-46(43-22-10-7-19-40(37)43)34-25-35(47-29-32-14-2-5-17-38(32)41-20-8-11-23-44(41)47)27-36(26-34)48-30-33-15-3-6-18-39(33)42-21-9-12-24-45(42)48/h1-30H. The highest BCUT2D eigenvalue weighted by Gasteiger charge is 2.16. The van der Waals surface area contributed by atoms with E-state index in [2.05, 4.69) is 182 Å². The number of fused-ring (bicyclic) bond motifs is 9. The highest BCUT2D eigenvalue weighted by Crippen LogP contribution is 2.43. The lowest BCUT2D eigenvalue weighted by molar-refractivity contribution is 1.62. The van der Waals surface area contributed by atoms with Crippen LogP contribution in [0.2, 0.25) is 0 Å². The zero-order chi connectivity index (χ0) is 31.6. The van der Waals surface area contributed by atoms with Crippen molar-refractivity contribution in [1.82, 2.24) is 0 Å². The number of hydrogen-bond acceptors (Lipinski definition) is 0. The van der Waals surface area contributed by atoms with Crippen LogP contribution in [-0.4, -0.2) is 0 Å². The molecule has 10 aromatic rings. The molecule has 0 N–H and O–H groups in total. The van der Waals surface area contributed by atoms with Gasteiger partial charge in [-0.25, -0.2) is 0 Å². The van der Waals surface area contributed by atoms with E-state index in [0.29, 0.717) is 0 Å². The Morgan fingerprint density at radius 3 is 0.708 bits per heavy atom. The third kappa shape index (κ3) is 4.16. The molecule has 0 radical (unpaired) electrons. The minimum absolute atomic E-state index is 1.22. The van der Waals surface area contributed by atoms with Crippen molar-refractivity contribution in [2.45, 2.75) is 0 Å². The zero-order valence-electron chi connectivity index (χ0n) is 26.3. The summed E-state index contributed by atoms with van der Waals surface area (Å²) in [4.78, 5) is 0. The lowest BCUT2D eigenvalue weighted by Gasteiger charge is -2.18. The molecule has 0 heterocycles. The van der Waals surface area contributed by atoms with Crippen LogP contribution in [0.1, 0.15) is 0 Å². The van der Waals surface area contributed by atoms with E-state index in [1.807, 2.05) is 0 Å². The molecular weight excluding hydrogens is 577 g/mol. The Balaban J connectivity index is 1.34. The molecule has 0 aliphatic heterocycles. The molecule has 0 nitrogen and oxygen atoms in total. The van der Waals surface area contributed by atoms with Gasteiger partial charge in [0.15, 0.2) is 0 Å². The molecule has 0 aliphatic rings. The molecule has 0 aliphatic carbocycles. The Labute approximate surface area is 279 Å². The summed E-state index contributed by atoms with van der Waals surface area (Å²) in [5.41, 5.74) is 7.42. The van der Waals surface area contributed by atoms with Gasteiger partial charge in [0, 0.05) is 0 Å². The van der Waals surface area contributed by atoms with E-state index < -0.39 is 0 Å². The van der Waals surface area contributed by atoms with E-state index in [4.69, 9.17) is 0 Å². The minimum Gasteiger partial charge on any atom is -0.0616 e. The third-order valence-corrected chi connectivity index (χ3v) is 10.2. The highest BCUT2D eigenvalue weighted by atomic mass is 14.2. The SMILES string of the molecule is c1ccc2c(c1)cc(-c1cc(-c3cc4ccccc4c4ccccc34)cc(-c3cc4ccccc4c4ccccc34)c1)c1ccccc12. The average Bonchev–Trinajstić information content (AvgIpc) is 3.16. The molecule has 0 aromatic heterocycles. The van der Waals surface area contributed by atoms with E-state index in [0.717, 1.165) is 0 Å². The first-order valence-electron chi connectivity index (χ1n) is 16.7. The second kappa shape index (κ2) is 10.7. The first-order valence-corrected chi connectivity index (χ1v) is 16.7. The van der Waals surface area contributed by atoms with Crippen LogP contribution in [0.5, 0.6) is 0 Å². The van der Waals surface area contributed by atoms with Gasteiger partial charge in [0.2, 0.25) is 0 Å². The van der Waals surface area contributed by atoms with Gasteiger partial charge >= 0.3 is 0 Å². The van der Waals surface area contributed by atoms with Gasteiger partial charge in [-0.3, -0.25) is 0 Å². The van der Waals surface area contributed by atoms with E-state index >= 15 is 0 Å². The van der Waals surface area contributed by atoms with Gasteiger partial charge in [-0.15, -0.1) is 0 Å². The van der Waals surface area contributed by atoms with Crippen molar-refractivity contribution >= 4 is 64.6 Å². The maximum atomic E-state index is 2.42. The minimum atomic E-state index is 1.22. The Morgan fingerprint density at radius 2 is 0.417 bits per heavy atom. The van der Waals surface area contributed by atoms with Crippen molar-refractivity contribution in [3.05, 3.63) is 182 Å². The van der Waals surface area contributed by atoms with Crippen molar-refractivity contribution in [3.8, 4) is 33.4 Å². The zero-order valence-corrected chi connectivity index (χ0v) is 26.3. The van der Waals surface area contributed by atoms with Crippen LogP contribution in [0.4, 0.5) is 0 Å². The summed E-state index contributed by atoms with van der Waals surface area (Å²) in [6.45, 7) is 0. The third-order valence-electron chi connectivity index (χ3n) is 10.2. The topological polar surface area (TPSA) is 0 Å². The predicted octanol–water partition coefficient (Wildman–Crippen LogP) is 13.6. The molecule has 0 fully saturated rings. The molecular formula is C48H30. The molecule has 0 atom stereocenters. The normalized spacial score (nSPS) is 11.8. The molecule has 0 spiro atoms. The highest BCUT2D eigenvalue weighted by molar-refractivity contribution is 6.18. The van der Waals surface area contributed by atoms with E-state index in [1.54, 1.807) is 0 Å². The van der Waals surface area contributed by atoms with Crippen molar-refractivity contribution < 1.29 is 0 Å². The van der Waals surface area contributed by atoms with Crippen molar-refractivity contribution in [2.24, 2.45) is 0 Å². The van der Waals surface area contributed by atoms with Crippen LogP contribution in [-0.2, 0) is 0 Å². The van der Waals surface area contributed by atoms with Crippen LogP contribution in [0.3, 0.4) is 0 Å². The number of benzene rings is 10. The molecule has 0 heteroatoms. The van der Waals surface area contributed by atoms with Gasteiger partial charge in [0.1, 0.15) is 0 Å². The number of hydrogen-bond donors (Lipinski definition) is 0. The Hall–Kier alpha value is -6.24. The molecule has 48 heavy (non-hydrogen) atoms. The van der Waals surface area contributed by atoms with E-state index in [9.17, 15) is 0 Å². The molecule has 0 saturated heterocycles. The quantitative estimate of drug-likeness (QED) is 0.176. The second-order valence-corrected chi connectivity index (χ2v) is 12.9. The van der Waals surface area contributed by atoms with Gasteiger partial charge in [-0.05, 0) is 134 Å². The fraction of sp³-hybridized carbons (Fsp3) is 0. The molecule has 222 valence electrons.